The summed E-state index contributed by atoms with van der Waals surface area (Å²) >= 11 is 0. The molecule has 1 atom stereocenters. The van der Waals surface area contributed by atoms with Crippen LogP contribution in [0.4, 0.5) is 4.79 Å². The Hall–Kier alpha value is -1.52. The summed E-state index contributed by atoms with van der Waals surface area (Å²) < 4.78 is 0. The first-order valence-electron chi connectivity index (χ1n) is 6.84. The molecule has 108 valence electrons. The van der Waals surface area contributed by atoms with E-state index in [-0.39, 0.29) is 24.4 Å². The second-order valence-corrected chi connectivity index (χ2v) is 5.37. The normalized spacial score (nSPS) is 19.3. The van der Waals surface area contributed by atoms with Crippen LogP contribution in [0.3, 0.4) is 0 Å². The molecule has 0 aromatic heterocycles. The molecule has 1 fully saturated rings. The molecule has 1 aliphatic rings. The number of carboxylic acid groups (broad SMARTS) is 1. The Morgan fingerprint density at radius 1 is 1.53 bits per heavy atom. The van der Waals surface area contributed by atoms with Crippen molar-refractivity contribution in [2.24, 2.45) is 5.92 Å². The molecule has 19 heavy (non-hydrogen) atoms. The van der Waals surface area contributed by atoms with E-state index in [0.29, 0.717) is 13.1 Å². The molecule has 1 aliphatic heterocycles. The maximum atomic E-state index is 12.4. The lowest BCUT2D eigenvalue weighted by atomic mass is 9.95. The lowest BCUT2D eigenvalue weighted by Gasteiger charge is -2.37. The van der Waals surface area contributed by atoms with Crippen LogP contribution in [0.25, 0.3) is 0 Å². The number of carbonyl (C=O) groups is 2. The average molecular weight is 268 g/mol. The van der Waals surface area contributed by atoms with Gasteiger partial charge >= 0.3 is 12.0 Å². The predicted octanol–water partition coefficient (Wildman–Crippen LogP) is 2.19. The lowest BCUT2D eigenvalue weighted by molar-refractivity contribution is -0.138. The highest BCUT2D eigenvalue weighted by Crippen LogP contribution is 2.21. The molecule has 1 unspecified atom stereocenters. The minimum atomic E-state index is -0.786. The topological polar surface area (TPSA) is 60.9 Å². The van der Waals surface area contributed by atoms with Crippen molar-refractivity contribution in [3.8, 4) is 0 Å². The monoisotopic (exact) mass is 268 g/mol. The zero-order valence-electron chi connectivity index (χ0n) is 11.8. The van der Waals surface area contributed by atoms with Gasteiger partial charge in [-0.05, 0) is 32.6 Å². The number of piperidine rings is 1. The third kappa shape index (κ3) is 4.58. The maximum absolute atomic E-state index is 12.4. The van der Waals surface area contributed by atoms with Crippen LogP contribution in [0, 0.1) is 5.92 Å². The molecule has 0 bridgehead atoms. The zero-order chi connectivity index (χ0) is 14.4. The van der Waals surface area contributed by atoms with E-state index >= 15 is 0 Å². The van der Waals surface area contributed by atoms with Gasteiger partial charge < -0.3 is 14.9 Å². The smallest absolute Gasteiger partial charge is 0.320 e. The van der Waals surface area contributed by atoms with Crippen molar-refractivity contribution in [1.29, 1.82) is 0 Å². The Morgan fingerprint density at radius 2 is 2.21 bits per heavy atom. The third-order valence-corrected chi connectivity index (χ3v) is 3.45. The van der Waals surface area contributed by atoms with Crippen molar-refractivity contribution in [3.05, 3.63) is 12.7 Å². The number of likely N-dealkylation sites (tertiary alicyclic amines) is 1. The molecule has 0 aromatic carbocycles. The number of amides is 2. The molecule has 0 aliphatic carbocycles. The van der Waals surface area contributed by atoms with E-state index in [9.17, 15) is 9.59 Å². The first-order chi connectivity index (χ1) is 8.95. The summed E-state index contributed by atoms with van der Waals surface area (Å²) in [7, 11) is 0. The number of urea groups is 1. The number of nitrogens with zero attached hydrogens (tertiary/aromatic N) is 2. The van der Waals surface area contributed by atoms with Gasteiger partial charge in [0.2, 0.25) is 0 Å². The molecule has 1 N–H and O–H groups in total. The van der Waals surface area contributed by atoms with Gasteiger partial charge in [0.05, 0.1) is 0 Å². The average Bonchev–Trinajstić information content (AvgIpc) is 2.34. The molecule has 0 saturated carbocycles. The highest BCUT2D eigenvalue weighted by atomic mass is 16.4. The molecule has 1 saturated heterocycles. The molecular weight excluding hydrogens is 244 g/mol. The molecule has 1 rings (SSSR count). The van der Waals surface area contributed by atoms with Gasteiger partial charge in [-0.2, -0.15) is 0 Å². The molecule has 5 heteroatoms. The van der Waals surface area contributed by atoms with E-state index < -0.39 is 5.97 Å². The van der Waals surface area contributed by atoms with Gasteiger partial charge in [0.25, 0.3) is 0 Å². The minimum absolute atomic E-state index is 0.00927. The molecule has 5 nitrogen and oxygen atoms in total. The SMILES string of the molecule is C=CCN(C(=O)N1CCCC(CC(=O)O)C1)C(C)C. The van der Waals surface area contributed by atoms with E-state index in [4.69, 9.17) is 5.11 Å². The molecule has 0 spiro atoms. The van der Waals surface area contributed by atoms with Crippen molar-refractivity contribution in [2.75, 3.05) is 19.6 Å². The first kappa shape index (κ1) is 15.5. The van der Waals surface area contributed by atoms with Crippen LogP contribution < -0.4 is 0 Å². The first-order valence-corrected chi connectivity index (χ1v) is 6.84. The Morgan fingerprint density at radius 3 is 2.74 bits per heavy atom. The Labute approximate surface area is 114 Å². The van der Waals surface area contributed by atoms with Crippen LogP contribution >= 0.6 is 0 Å². The summed E-state index contributed by atoms with van der Waals surface area (Å²) in [5, 5.41) is 8.85. The summed E-state index contributed by atoms with van der Waals surface area (Å²) in [6, 6.07) is 0.107. The van der Waals surface area contributed by atoms with Crippen LogP contribution in [-0.4, -0.2) is 52.6 Å². The van der Waals surface area contributed by atoms with E-state index in [0.717, 1.165) is 19.4 Å². The van der Waals surface area contributed by atoms with Gasteiger partial charge in [-0.25, -0.2) is 4.79 Å². The van der Waals surface area contributed by atoms with Crippen LogP contribution in [0.15, 0.2) is 12.7 Å². The Kier molecular flexibility index (Phi) is 5.86. The summed E-state index contributed by atoms with van der Waals surface area (Å²) in [4.78, 5) is 26.7. The minimum Gasteiger partial charge on any atom is -0.481 e. The number of rotatable bonds is 5. The van der Waals surface area contributed by atoms with Gasteiger partial charge in [-0.3, -0.25) is 4.79 Å². The van der Waals surface area contributed by atoms with E-state index in [1.165, 1.54) is 0 Å². The van der Waals surface area contributed by atoms with E-state index in [2.05, 4.69) is 6.58 Å². The second kappa shape index (κ2) is 7.16. The quantitative estimate of drug-likeness (QED) is 0.777. The zero-order valence-corrected chi connectivity index (χ0v) is 11.8. The van der Waals surface area contributed by atoms with Crippen LogP contribution in [0.1, 0.15) is 33.1 Å². The van der Waals surface area contributed by atoms with Crippen LogP contribution in [0.2, 0.25) is 0 Å². The lowest BCUT2D eigenvalue weighted by Crippen LogP contribution is -2.50. The van der Waals surface area contributed by atoms with Crippen molar-refractivity contribution < 1.29 is 14.7 Å². The predicted molar refractivity (Wildman–Crippen MR) is 74.0 cm³/mol. The van der Waals surface area contributed by atoms with Crippen molar-refractivity contribution in [1.82, 2.24) is 9.80 Å². The van der Waals surface area contributed by atoms with E-state index in [1.54, 1.807) is 15.9 Å². The molecule has 0 aromatic rings. The number of aliphatic carboxylic acids is 1. The van der Waals surface area contributed by atoms with Gasteiger partial charge in [0.1, 0.15) is 0 Å². The van der Waals surface area contributed by atoms with Crippen LogP contribution in [0.5, 0.6) is 0 Å². The summed E-state index contributed by atoms with van der Waals surface area (Å²) in [6.45, 7) is 9.41. The maximum Gasteiger partial charge on any atom is 0.320 e. The number of hydrogen-bond donors (Lipinski definition) is 1. The number of carbonyl (C=O) groups excluding carboxylic acids is 1. The molecular formula is C14H24N2O3. The van der Waals surface area contributed by atoms with Crippen molar-refractivity contribution in [2.45, 2.75) is 39.2 Å². The molecule has 1 heterocycles. The van der Waals surface area contributed by atoms with Crippen molar-refractivity contribution >= 4 is 12.0 Å². The van der Waals surface area contributed by atoms with E-state index in [1.807, 2.05) is 13.8 Å². The number of carboxylic acids is 1. The van der Waals surface area contributed by atoms with Gasteiger partial charge in [0.15, 0.2) is 0 Å². The standard InChI is InChI=1S/C14H24N2O3/c1-4-7-16(11(2)3)14(19)15-8-5-6-12(10-15)9-13(17)18/h4,11-12H,1,5-10H2,2-3H3,(H,17,18). The Bertz CT molecular complexity index is 342. The summed E-state index contributed by atoms with van der Waals surface area (Å²) in [6.07, 6.45) is 3.63. The Balaban J connectivity index is 2.64. The third-order valence-electron chi connectivity index (χ3n) is 3.45. The van der Waals surface area contributed by atoms with Crippen molar-refractivity contribution in [3.63, 3.8) is 0 Å². The largest absolute Gasteiger partial charge is 0.481 e. The fourth-order valence-electron chi connectivity index (χ4n) is 2.48. The van der Waals surface area contributed by atoms with Gasteiger partial charge in [-0.15, -0.1) is 6.58 Å². The molecule has 2 amide bonds. The molecule has 0 radical (unpaired) electrons. The fourth-order valence-corrected chi connectivity index (χ4v) is 2.48. The summed E-state index contributed by atoms with van der Waals surface area (Å²) in [5.74, 6) is -0.709. The van der Waals surface area contributed by atoms with Gasteiger partial charge in [-0.1, -0.05) is 6.08 Å². The number of hydrogen-bond acceptors (Lipinski definition) is 2. The summed E-state index contributed by atoms with van der Waals surface area (Å²) in [5.41, 5.74) is 0. The highest BCUT2D eigenvalue weighted by Gasteiger charge is 2.28. The fraction of sp³-hybridized carbons (Fsp3) is 0.714. The second-order valence-electron chi connectivity index (χ2n) is 5.37. The van der Waals surface area contributed by atoms with Gasteiger partial charge in [0, 0.05) is 32.1 Å². The van der Waals surface area contributed by atoms with Crippen LogP contribution in [-0.2, 0) is 4.79 Å². The highest BCUT2D eigenvalue weighted by molar-refractivity contribution is 5.75.